The van der Waals surface area contributed by atoms with E-state index in [4.69, 9.17) is 0 Å². The fraction of sp³-hybridized carbons (Fsp3) is 0.455. The molecule has 1 amide bonds. The van der Waals surface area contributed by atoms with Crippen molar-refractivity contribution in [3.05, 3.63) is 34.7 Å². The number of pyridine rings is 1. The lowest BCUT2D eigenvalue weighted by Crippen LogP contribution is -2.49. The van der Waals surface area contributed by atoms with Gasteiger partial charge < -0.3 is 25.3 Å². The molecule has 0 spiro atoms. The second-order valence-electron chi connectivity index (χ2n) is 8.50. The van der Waals surface area contributed by atoms with Crippen molar-refractivity contribution in [1.29, 1.82) is 0 Å². The predicted octanol–water partition coefficient (Wildman–Crippen LogP) is 2.68. The van der Waals surface area contributed by atoms with Crippen molar-refractivity contribution in [2.75, 3.05) is 55.4 Å². The highest BCUT2D eigenvalue weighted by molar-refractivity contribution is 7.16. The zero-order valence-corrected chi connectivity index (χ0v) is 20.3. The van der Waals surface area contributed by atoms with E-state index >= 15 is 0 Å². The maximum atomic E-state index is 14.7. The summed E-state index contributed by atoms with van der Waals surface area (Å²) >= 11 is 1.42. The highest BCUT2D eigenvalue weighted by Gasteiger charge is 2.31. The van der Waals surface area contributed by atoms with E-state index in [2.05, 4.69) is 30.5 Å². The number of nitrogens with zero attached hydrogens (tertiary/aromatic N) is 6. The van der Waals surface area contributed by atoms with Gasteiger partial charge in [-0.1, -0.05) is 11.3 Å². The molecule has 4 heterocycles. The Morgan fingerprint density at radius 2 is 2.00 bits per heavy atom. The van der Waals surface area contributed by atoms with Gasteiger partial charge in [-0.15, -0.1) is 0 Å². The smallest absolute Gasteiger partial charge is 0.219 e. The van der Waals surface area contributed by atoms with Crippen LogP contribution in [0.3, 0.4) is 0 Å². The summed E-state index contributed by atoms with van der Waals surface area (Å²) < 4.78 is 14.7. The van der Waals surface area contributed by atoms with Crippen molar-refractivity contribution in [3.63, 3.8) is 0 Å². The molecule has 0 bridgehead atoms. The third-order valence-corrected chi connectivity index (χ3v) is 6.99. The number of nitrogens with one attached hydrogen (secondary N) is 2. The maximum Gasteiger partial charge on any atom is 0.219 e. The van der Waals surface area contributed by atoms with Gasteiger partial charge in [0, 0.05) is 47.2 Å². The number of hydrogen-bond acceptors (Lipinski definition) is 9. The summed E-state index contributed by atoms with van der Waals surface area (Å²) in [5.41, 5.74) is 2.12. The van der Waals surface area contributed by atoms with Crippen LogP contribution in [-0.4, -0.2) is 73.1 Å². The summed E-state index contributed by atoms with van der Waals surface area (Å²) in [5.74, 6) is -0.678. The van der Waals surface area contributed by atoms with Crippen molar-refractivity contribution in [3.8, 4) is 0 Å². The summed E-state index contributed by atoms with van der Waals surface area (Å²) in [4.78, 5) is 31.6. The van der Waals surface area contributed by atoms with E-state index < -0.39 is 11.6 Å². The normalized spacial score (nSPS) is 20.7. The average Bonchev–Trinajstić information content (AvgIpc) is 3.18. The lowest BCUT2D eigenvalue weighted by Gasteiger charge is -2.35. The Balaban J connectivity index is 1.45. The number of piperazine rings is 1. The summed E-state index contributed by atoms with van der Waals surface area (Å²) in [7, 11) is 3.82. The lowest BCUT2D eigenvalue weighted by molar-refractivity contribution is -0.129. The van der Waals surface area contributed by atoms with Gasteiger partial charge in [0.1, 0.15) is 5.82 Å². The Kier molecular flexibility index (Phi) is 6.24. The van der Waals surface area contributed by atoms with Gasteiger partial charge in [0.15, 0.2) is 11.0 Å². The number of allylic oxidation sites excluding steroid dienone is 1. The van der Waals surface area contributed by atoms with Gasteiger partial charge >= 0.3 is 0 Å². The van der Waals surface area contributed by atoms with Gasteiger partial charge in [0.25, 0.3) is 0 Å². The number of aryl methyl sites for hydroxylation is 1. The second kappa shape index (κ2) is 8.97. The molecule has 0 radical (unpaired) electrons. The monoisotopic (exact) mass is 472 g/mol. The van der Waals surface area contributed by atoms with E-state index in [1.54, 1.807) is 13.1 Å². The summed E-state index contributed by atoms with van der Waals surface area (Å²) in [5, 5.41) is 7.26. The van der Waals surface area contributed by atoms with E-state index in [1.807, 2.05) is 49.9 Å². The molecule has 9 nitrogen and oxygen atoms in total. The Hall–Kier alpha value is -3.21. The lowest BCUT2D eigenvalue weighted by atomic mass is 10.2. The zero-order valence-electron chi connectivity index (χ0n) is 19.5. The first-order valence-electron chi connectivity index (χ1n) is 10.8. The number of aromatic nitrogens is 2. The van der Waals surface area contributed by atoms with Gasteiger partial charge in [-0.25, -0.2) is 19.4 Å². The number of hydrogen-bond donors (Lipinski definition) is 2. The van der Waals surface area contributed by atoms with Crippen molar-refractivity contribution < 1.29 is 9.18 Å². The molecule has 11 heteroatoms. The molecular weight excluding hydrogens is 443 g/mol. The Bertz CT molecular complexity index is 1090. The first-order valence-corrected chi connectivity index (χ1v) is 11.6. The Morgan fingerprint density at radius 1 is 1.27 bits per heavy atom. The fourth-order valence-electron chi connectivity index (χ4n) is 3.80. The van der Waals surface area contributed by atoms with Crippen LogP contribution < -0.4 is 20.4 Å². The molecule has 1 atom stereocenters. The first-order chi connectivity index (χ1) is 15.6. The van der Waals surface area contributed by atoms with Crippen LogP contribution in [0.15, 0.2) is 29.1 Å². The van der Waals surface area contributed by atoms with Crippen LogP contribution >= 0.6 is 11.3 Å². The largest absolute Gasteiger partial charge is 0.367 e. The number of carbonyl (C=O) groups excluding carboxylic acids is 1. The highest BCUT2D eigenvalue weighted by atomic mass is 32.1. The summed E-state index contributed by atoms with van der Waals surface area (Å²) in [6.07, 6.45) is 3.03. The molecule has 2 N–H and O–H groups in total. The minimum atomic E-state index is -0.971. The number of aliphatic imine (C=N–C) groups is 1. The number of carbonyl (C=O) groups is 1. The van der Waals surface area contributed by atoms with Crippen LogP contribution in [0, 0.1) is 6.92 Å². The topological polar surface area (TPSA) is 89.0 Å². The number of amides is 1. The number of thiazole rings is 1. The van der Waals surface area contributed by atoms with Crippen molar-refractivity contribution in [2.45, 2.75) is 26.6 Å². The minimum absolute atomic E-state index is 0.109. The highest BCUT2D eigenvalue weighted by Crippen LogP contribution is 2.34. The summed E-state index contributed by atoms with van der Waals surface area (Å²) in [6.45, 7) is 8.26. The maximum absolute atomic E-state index is 14.7. The van der Waals surface area contributed by atoms with E-state index in [9.17, 15) is 9.18 Å². The third kappa shape index (κ3) is 4.92. The van der Waals surface area contributed by atoms with Gasteiger partial charge in [-0.2, -0.15) is 0 Å². The molecule has 4 rings (SSSR count). The van der Waals surface area contributed by atoms with Gasteiger partial charge in [0.2, 0.25) is 11.7 Å². The van der Waals surface area contributed by atoms with Crippen LogP contribution in [0.5, 0.6) is 0 Å². The van der Waals surface area contributed by atoms with Crippen LogP contribution in [0.25, 0.3) is 5.70 Å². The van der Waals surface area contributed by atoms with Gasteiger partial charge in [-0.3, -0.25) is 4.79 Å². The molecule has 1 fully saturated rings. The molecule has 33 heavy (non-hydrogen) atoms. The second-order valence-corrected chi connectivity index (χ2v) is 9.48. The first kappa shape index (κ1) is 23.0. The Labute approximate surface area is 197 Å². The van der Waals surface area contributed by atoms with Gasteiger partial charge in [-0.05, 0) is 26.0 Å². The third-order valence-electron chi connectivity index (χ3n) is 5.65. The van der Waals surface area contributed by atoms with E-state index in [-0.39, 0.29) is 5.91 Å². The van der Waals surface area contributed by atoms with E-state index in [0.717, 1.165) is 34.5 Å². The van der Waals surface area contributed by atoms with Crippen LogP contribution in [-0.2, 0) is 4.79 Å². The minimum Gasteiger partial charge on any atom is -0.367 e. The van der Waals surface area contributed by atoms with E-state index in [1.165, 1.54) is 17.6 Å². The van der Waals surface area contributed by atoms with Crippen LogP contribution in [0.1, 0.15) is 24.4 Å². The standard InChI is InChI=1S/C22H29FN8OS/c1-14-20(33-21(26-14)29(4)5)19-17(23)13-25-22(3,28-19)27-18-7-6-16(12-24-18)31-10-8-30(9-11-31)15(2)32/h6-7,12-13,28H,8-11H2,1-5H3,(H,24,27). The molecule has 2 aromatic heterocycles. The van der Waals surface area contributed by atoms with Crippen molar-refractivity contribution in [2.24, 2.45) is 4.99 Å². The SMILES string of the molecule is CC(=O)N1CCN(c2ccc(NC3(C)N=CC(F)=C(c4sc(N(C)C)nc4C)N3)nc2)CC1. The average molecular weight is 473 g/mol. The molecule has 1 saturated heterocycles. The van der Waals surface area contributed by atoms with Crippen LogP contribution in [0.4, 0.5) is 21.0 Å². The molecule has 2 aliphatic heterocycles. The fourth-order valence-corrected chi connectivity index (χ4v) is 4.79. The molecule has 0 aromatic carbocycles. The Morgan fingerprint density at radius 3 is 2.58 bits per heavy atom. The zero-order chi connectivity index (χ0) is 23.8. The number of rotatable bonds is 5. The number of anilines is 3. The molecule has 2 aliphatic rings. The number of halogens is 1. The quantitative estimate of drug-likeness (QED) is 0.692. The van der Waals surface area contributed by atoms with Crippen LogP contribution in [0.2, 0.25) is 0 Å². The molecule has 0 aliphatic carbocycles. The predicted molar refractivity (Wildman–Crippen MR) is 132 cm³/mol. The molecule has 0 saturated carbocycles. The van der Waals surface area contributed by atoms with Crippen molar-refractivity contribution >= 4 is 45.8 Å². The molecule has 176 valence electrons. The van der Waals surface area contributed by atoms with Crippen molar-refractivity contribution in [1.82, 2.24) is 20.2 Å². The molecule has 2 aromatic rings. The van der Waals surface area contributed by atoms with Gasteiger partial charge in [0.05, 0.1) is 34.4 Å². The molecular formula is C22H29FN8OS. The summed E-state index contributed by atoms with van der Waals surface area (Å²) in [6, 6.07) is 3.87. The molecule has 1 unspecified atom stereocenters. The van der Waals surface area contributed by atoms with E-state index in [0.29, 0.717) is 24.6 Å².